The Morgan fingerprint density at radius 2 is 0.684 bits per heavy atom. The molecule has 0 aromatic rings. The first-order valence-corrected chi connectivity index (χ1v) is 33.9. The number of allylic oxidation sites excluding steroid dienone is 7. The average Bonchev–Trinajstić information content (AvgIpc) is 3.42. The number of rotatable bonds is 63. The Morgan fingerprint density at radius 1 is 0.368 bits per heavy atom. The van der Waals surface area contributed by atoms with Gasteiger partial charge in [0, 0.05) is 12.8 Å². The molecule has 0 aliphatic rings. The van der Waals surface area contributed by atoms with Gasteiger partial charge in [-0.3, -0.25) is 9.59 Å². The van der Waals surface area contributed by atoms with E-state index in [0.29, 0.717) is 19.4 Å². The molecule has 0 saturated carbocycles. The molecule has 2 unspecified atom stereocenters. The summed E-state index contributed by atoms with van der Waals surface area (Å²) in [5.41, 5.74) is 0. The molecule has 0 rings (SSSR count). The molecule has 0 radical (unpaired) electrons. The number of hydrogen-bond donors (Lipinski definition) is 3. The van der Waals surface area contributed by atoms with E-state index in [4.69, 9.17) is 4.74 Å². The minimum atomic E-state index is -0.848. The van der Waals surface area contributed by atoms with Crippen LogP contribution in [0.2, 0.25) is 0 Å². The number of nitrogens with one attached hydrogen (secondary N) is 1. The summed E-state index contributed by atoms with van der Waals surface area (Å²) in [5.74, 6) is -0.0708. The summed E-state index contributed by atoms with van der Waals surface area (Å²) in [6.45, 7) is 4.86. The zero-order valence-electron chi connectivity index (χ0n) is 51.0. The monoisotopic (exact) mass is 1070 g/mol. The number of carbonyl (C=O) groups is 2. The number of esters is 1. The maximum atomic E-state index is 12.5. The van der Waals surface area contributed by atoms with Crippen molar-refractivity contribution in [2.24, 2.45) is 0 Å². The fourth-order valence-electron chi connectivity index (χ4n) is 10.4. The largest absolute Gasteiger partial charge is 0.466 e. The Kier molecular flexibility index (Phi) is 63.5. The van der Waals surface area contributed by atoms with Gasteiger partial charge in [-0.2, -0.15) is 0 Å². The quantitative estimate of drug-likeness (QED) is 0.0320. The van der Waals surface area contributed by atoms with E-state index in [2.05, 4.69) is 55.6 Å². The molecule has 6 nitrogen and oxygen atoms in total. The molecule has 0 aromatic carbocycles. The Balaban J connectivity index is 3.44. The van der Waals surface area contributed by atoms with Crippen molar-refractivity contribution in [1.82, 2.24) is 5.32 Å². The molecule has 0 fully saturated rings. The topological polar surface area (TPSA) is 95.9 Å². The Hall–Kier alpha value is -2.18. The number of ether oxygens (including phenoxy) is 1. The van der Waals surface area contributed by atoms with Crippen molar-refractivity contribution in [2.75, 3.05) is 13.2 Å². The highest BCUT2D eigenvalue weighted by atomic mass is 16.5. The number of amides is 1. The van der Waals surface area contributed by atoms with Crippen molar-refractivity contribution in [2.45, 2.75) is 373 Å². The number of carbonyl (C=O) groups excluding carboxylic acids is 2. The SMILES string of the molecule is CCC/C=C\C/C=C\CCCCCCCC(=O)OCCCCCCCCCCCCCC/C=C\CCCCCCCCCCCC(=O)NC(CO)C(O)/C=C/CCCCCCCCCCCCCCCCCCCCC. The van der Waals surface area contributed by atoms with Crippen LogP contribution in [0.25, 0.3) is 0 Å². The van der Waals surface area contributed by atoms with Gasteiger partial charge >= 0.3 is 5.97 Å². The predicted octanol–water partition coefficient (Wildman–Crippen LogP) is 21.7. The van der Waals surface area contributed by atoms with Gasteiger partial charge in [-0.05, 0) is 83.5 Å². The summed E-state index contributed by atoms with van der Waals surface area (Å²) in [6.07, 6.45) is 84.6. The lowest BCUT2D eigenvalue weighted by atomic mass is 10.0. The van der Waals surface area contributed by atoms with Crippen LogP contribution in [0.4, 0.5) is 0 Å². The number of unbranched alkanes of at least 4 members (excludes halogenated alkanes) is 46. The maximum Gasteiger partial charge on any atom is 0.305 e. The molecule has 0 spiro atoms. The molecule has 0 bridgehead atoms. The predicted molar refractivity (Wildman–Crippen MR) is 333 cm³/mol. The van der Waals surface area contributed by atoms with Crippen LogP contribution in [0.3, 0.4) is 0 Å². The van der Waals surface area contributed by atoms with E-state index in [-0.39, 0.29) is 18.5 Å². The fourth-order valence-corrected chi connectivity index (χ4v) is 10.4. The van der Waals surface area contributed by atoms with Gasteiger partial charge in [0.15, 0.2) is 0 Å². The van der Waals surface area contributed by atoms with Gasteiger partial charge < -0.3 is 20.3 Å². The standard InChI is InChI=1S/C70H131NO5/c1-3-5-7-9-11-13-15-17-18-19-20-26-29-32-35-39-42-46-50-54-58-62-68(73)67(66-72)71-69(74)63-59-55-51-47-43-40-36-33-30-27-24-22-21-23-25-28-31-34-37-41-45-49-53-57-61-65-76-70(75)64-60-56-52-48-44-38-16-14-12-10-8-6-4-2/h8,10,14,16,22,24,58,62,67-68,72-73H,3-7,9,11-13,15,17-21,23,25-57,59-61,63-66H2,1-2H3,(H,71,74)/b10-8-,16-14-,24-22-,62-58+. The van der Waals surface area contributed by atoms with Crippen LogP contribution in [0, 0.1) is 0 Å². The maximum absolute atomic E-state index is 12.5. The van der Waals surface area contributed by atoms with Crippen LogP contribution in [-0.2, 0) is 14.3 Å². The number of hydrogen-bond acceptors (Lipinski definition) is 5. The third-order valence-corrected chi connectivity index (χ3v) is 15.5. The lowest BCUT2D eigenvalue weighted by Crippen LogP contribution is -2.45. The van der Waals surface area contributed by atoms with Crippen molar-refractivity contribution in [3.05, 3.63) is 48.6 Å². The van der Waals surface area contributed by atoms with Gasteiger partial charge in [0.25, 0.3) is 0 Å². The van der Waals surface area contributed by atoms with Crippen molar-refractivity contribution in [3.63, 3.8) is 0 Å². The molecule has 0 aromatic heterocycles. The summed E-state index contributed by atoms with van der Waals surface area (Å²) in [6, 6.07) is -0.632. The highest BCUT2D eigenvalue weighted by molar-refractivity contribution is 5.76. The second kappa shape index (κ2) is 65.3. The lowest BCUT2D eigenvalue weighted by Gasteiger charge is -2.20. The van der Waals surface area contributed by atoms with E-state index in [1.807, 2.05) is 6.08 Å². The molecule has 0 aliphatic carbocycles. The zero-order chi connectivity index (χ0) is 55.0. The number of aliphatic hydroxyl groups excluding tert-OH is 2. The molecule has 446 valence electrons. The van der Waals surface area contributed by atoms with Crippen molar-refractivity contribution >= 4 is 11.9 Å². The molecule has 0 aliphatic heterocycles. The molecule has 0 heterocycles. The summed E-state index contributed by atoms with van der Waals surface area (Å²) in [5, 5.41) is 23.2. The third kappa shape index (κ3) is 61.0. The fraction of sp³-hybridized carbons (Fsp3) is 0.857. The first-order chi connectivity index (χ1) is 37.5. The van der Waals surface area contributed by atoms with Crippen LogP contribution >= 0.6 is 0 Å². The summed E-state index contributed by atoms with van der Waals surface area (Å²) >= 11 is 0. The van der Waals surface area contributed by atoms with Gasteiger partial charge in [0.2, 0.25) is 5.91 Å². The Morgan fingerprint density at radius 3 is 1.07 bits per heavy atom. The molecular weight excluding hydrogens is 935 g/mol. The second-order valence-corrected chi connectivity index (χ2v) is 23.1. The molecular formula is C70H131NO5. The van der Waals surface area contributed by atoms with Crippen molar-refractivity contribution in [1.29, 1.82) is 0 Å². The molecule has 6 heteroatoms. The minimum absolute atomic E-state index is 0.00237. The summed E-state index contributed by atoms with van der Waals surface area (Å²) in [4.78, 5) is 24.5. The lowest BCUT2D eigenvalue weighted by molar-refractivity contribution is -0.143. The third-order valence-electron chi connectivity index (χ3n) is 15.5. The van der Waals surface area contributed by atoms with E-state index in [9.17, 15) is 19.8 Å². The molecule has 0 saturated heterocycles. The smallest absolute Gasteiger partial charge is 0.305 e. The second-order valence-electron chi connectivity index (χ2n) is 23.1. The molecule has 3 N–H and O–H groups in total. The summed E-state index contributed by atoms with van der Waals surface area (Å²) < 4.78 is 5.47. The number of aliphatic hydroxyl groups is 2. The highest BCUT2D eigenvalue weighted by Crippen LogP contribution is 2.18. The summed E-state index contributed by atoms with van der Waals surface area (Å²) in [7, 11) is 0. The van der Waals surface area contributed by atoms with E-state index < -0.39 is 12.1 Å². The van der Waals surface area contributed by atoms with Gasteiger partial charge in [-0.25, -0.2) is 0 Å². The Bertz CT molecular complexity index is 1270. The van der Waals surface area contributed by atoms with Gasteiger partial charge in [-0.15, -0.1) is 0 Å². The van der Waals surface area contributed by atoms with Crippen LogP contribution in [0.1, 0.15) is 361 Å². The van der Waals surface area contributed by atoms with Gasteiger partial charge in [0.1, 0.15) is 0 Å². The van der Waals surface area contributed by atoms with Crippen LogP contribution in [0.5, 0.6) is 0 Å². The first kappa shape index (κ1) is 73.8. The van der Waals surface area contributed by atoms with E-state index >= 15 is 0 Å². The first-order valence-electron chi connectivity index (χ1n) is 33.9. The van der Waals surface area contributed by atoms with Crippen molar-refractivity contribution < 1.29 is 24.5 Å². The van der Waals surface area contributed by atoms with E-state index in [0.717, 1.165) is 51.4 Å². The highest BCUT2D eigenvalue weighted by Gasteiger charge is 2.18. The molecule has 2 atom stereocenters. The average molecular weight is 1070 g/mol. The normalized spacial score (nSPS) is 12.8. The van der Waals surface area contributed by atoms with Crippen LogP contribution in [-0.4, -0.2) is 47.4 Å². The van der Waals surface area contributed by atoms with Crippen molar-refractivity contribution in [3.8, 4) is 0 Å². The molecule has 76 heavy (non-hydrogen) atoms. The van der Waals surface area contributed by atoms with E-state index in [1.54, 1.807) is 6.08 Å². The van der Waals surface area contributed by atoms with Gasteiger partial charge in [-0.1, -0.05) is 313 Å². The van der Waals surface area contributed by atoms with E-state index in [1.165, 1.54) is 283 Å². The Labute approximate surface area is 474 Å². The molecule has 1 amide bonds. The van der Waals surface area contributed by atoms with Crippen LogP contribution in [0.15, 0.2) is 48.6 Å². The zero-order valence-corrected chi connectivity index (χ0v) is 51.0. The van der Waals surface area contributed by atoms with Crippen LogP contribution < -0.4 is 5.32 Å². The minimum Gasteiger partial charge on any atom is -0.466 e. The van der Waals surface area contributed by atoms with Gasteiger partial charge in [0.05, 0.1) is 25.4 Å².